The fraction of sp³-hybridized carbons (Fsp3) is 0.600. The van der Waals surface area contributed by atoms with Crippen LogP contribution >= 0.6 is 0 Å². The summed E-state index contributed by atoms with van der Waals surface area (Å²) in [6.07, 6.45) is 5.34. The Labute approximate surface area is 118 Å². The number of hydrogen-bond donors (Lipinski definition) is 1. The highest BCUT2D eigenvalue weighted by Crippen LogP contribution is 2.28. The molecule has 0 bridgehead atoms. The Bertz CT molecular complexity index is 488. The number of nitrogens with zero attached hydrogens (tertiary/aromatic N) is 2. The first-order valence-corrected chi connectivity index (χ1v) is 7.40. The minimum Gasteiger partial charge on any atom is -0.365 e. The van der Waals surface area contributed by atoms with E-state index in [1.807, 2.05) is 4.90 Å². The summed E-state index contributed by atoms with van der Waals surface area (Å²) in [5, 5.41) is 3.21. The van der Waals surface area contributed by atoms with Crippen molar-refractivity contribution in [1.82, 2.24) is 9.88 Å². The van der Waals surface area contributed by atoms with Gasteiger partial charge in [-0.25, -0.2) is 4.98 Å². The van der Waals surface area contributed by atoms with E-state index in [-0.39, 0.29) is 12.0 Å². The van der Waals surface area contributed by atoms with Crippen LogP contribution in [0.15, 0.2) is 18.2 Å². The Kier molecular flexibility index (Phi) is 3.85. The van der Waals surface area contributed by atoms with E-state index < -0.39 is 5.95 Å². The molecule has 1 aliphatic heterocycles. The van der Waals surface area contributed by atoms with Gasteiger partial charge in [0.1, 0.15) is 5.82 Å². The minimum absolute atomic E-state index is 0.176. The smallest absolute Gasteiger partial charge is 0.225 e. The van der Waals surface area contributed by atoms with Gasteiger partial charge in [0.25, 0.3) is 0 Å². The Balaban J connectivity index is 1.55. The second-order valence-electron chi connectivity index (χ2n) is 5.74. The first-order valence-electron chi connectivity index (χ1n) is 7.40. The van der Waals surface area contributed by atoms with E-state index in [2.05, 4.69) is 10.3 Å². The summed E-state index contributed by atoms with van der Waals surface area (Å²) in [5.41, 5.74) is 0. The molecule has 1 N–H and O–H groups in total. The number of likely N-dealkylation sites (tertiary alicyclic amines) is 1. The molecule has 1 saturated heterocycles. The largest absolute Gasteiger partial charge is 0.365 e. The second kappa shape index (κ2) is 5.77. The van der Waals surface area contributed by atoms with Crippen molar-refractivity contribution in [3.8, 4) is 0 Å². The third kappa shape index (κ3) is 2.92. The standard InChI is InChI=1S/C15H20FN3O/c16-13-6-3-7-14(18-13)17-12-8-9-19(10-12)15(20)11-4-1-2-5-11/h3,6-7,11-12H,1-2,4-5,8-10H2,(H,17,18). The number of halogens is 1. The van der Waals surface area contributed by atoms with Gasteiger partial charge >= 0.3 is 0 Å². The summed E-state index contributed by atoms with van der Waals surface area (Å²) in [5.74, 6) is 0.608. The normalized spacial score (nSPS) is 23.2. The van der Waals surface area contributed by atoms with Crippen LogP contribution in [0.4, 0.5) is 10.2 Å². The average molecular weight is 277 g/mol. The van der Waals surface area contributed by atoms with Gasteiger partial charge in [-0.15, -0.1) is 0 Å². The molecule has 0 aromatic carbocycles. The van der Waals surface area contributed by atoms with E-state index in [1.165, 1.54) is 18.9 Å². The Morgan fingerprint density at radius 2 is 2.10 bits per heavy atom. The molecule has 2 aliphatic rings. The molecule has 0 spiro atoms. The van der Waals surface area contributed by atoms with Gasteiger partial charge in [0.2, 0.25) is 11.9 Å². The van der Waals surface area contributed by atoms with Crippen LogP contribution in [0.5, 0.6) is 0 Å². The number of nitrogens with one attached hydrogen (secondary N) is 1. The van der Waals surface area contributed by atoms with Gasteiger partial charge in [-0.1, -0.05) is 18.9 Å². The third-order valence-corrected chi connectivity index (χ3v) is 4.27. The Hall–Kier alpha value is -1.65. The number of amides is 1. The number of aromatic nitrogens is 1. The number of carbonyl (C=O) groups excluding carboxylic acids is 1. The van der Waals surface area contributed by atoms with Gasteiger partial charge in [-0.3, -0.25) is 4.79 Å². The summed E-state index contributed by atoms with van der Waals surface area (Å²) < 4.78 is 13.0. The van der Waals surface area contributed by atoms with Crippen molar-refractivity contribution >= 4 is 11.7 Å². The average Bonchev–Trinajstić information content (AvgIpc) is 3.09. The molecule has 1 saturated carbocycles. The molecule has 2 fully saturated rings. The van der Waals surface area contributed by atoms with Crippen molar-refractivity contribution in [3.05, 3.63) is 24.1 Å². The summed E-state index contributed by atoms with van der Waals surface area (Å²) in [7, 11) is 0. The SMILES string of the molecule is O=C(C1CCCC1)N1CCC(Nc2cccc(F)n2)C1. The van der Waals surface area contributed by atoms with Crippen LogP contribution in [0.2, 0.25) is 0 Å². The fourth-order valence-electron chi connectivity index (χ4n) is 3.21. The van der Waals surface area contributed by atoms with Crippen molar-refractivity contribution < 1.29 is 9.18 Å². The quantitative estimate of drug-likeness (QED) is 0.863. The van der Waals surface area contributed by atoms with Crippen LogP contribution < -0.4 is 5.32 Å². The fourth-order valence-corrected chi connectivity index (χ4v) is 3.21. The molecule has 0 radical (unpaired) electrons. The maximum atomic E-state index is 13.0. The highest BCUT2D eigenvalue weighted by molar-refractivity contribution is 5.79. The molecular weight excluding hydrogens is 257 g/mol. The summed E-state index contributed by atoms with van der Waals surface area (Å²) in [6, 6.07) is 4.90. The van der Waals surface area contributed by atoms with Crippen LogP contribution in [0.3, 0.4) is 0 Å². The molecule has 1 aliphatic carbocycles. The number of anilines is 1. The van der Waals surface area contributed by atoms with Gasteiger partial charge in [0.05, 0.1) is 0 Å². The van der Waals surface area contributed by atoms with Crippen molar-refractivity contribution in [2.45, 2.75) is 38.1 Å². The molecule has 5 heteroatoms. The highest BCUT2D eigenvalue weighted by atomic mass is 19.1. The second-order valence-corrected chi connectivity index (χ2v) is 5.74. The predicted molar refractivity (Wildman–Crippen MR) is 74.8 cm³/mol. The molecule has 4 nitrogen and oxygen atoms in total. The third-order valence-electron chi connectivity index (χ3n) is 4.27. The molecule has 1 aromatic rings. The van der Waals surface area contributed by atoms with Gasteiger partial charge in [-0.05, 0) is 31.4 Å². The van der Waals surface area contributed by atoms with Gasteiger partial charge in [-0.2, -0.15) is 4.39 Å². The number of pyridine rings is 1. The summed E-state index contributed by atoms with van der Waals surface area (Å²) in [4.78, 5) is 18.1. The molecule has 3 rings (SSSR count). The Morgan fingerprint density at radius 3 is 2.85 bits per heavy atom. The molecule has 1 aromatic heterocycles. The van der Waals surface area contributed by atoms with E-state index in [4.69, 9.17) is 0 Å². The van der Waals surface area contributed by atoms with Crippen molar-refractivity contribution in [3.63, 3.8) is 0 Å². The zero-order valence-corrected chi connectivity index (χ0v) is 11.5. The van der Waals surface area contributed by atoms with Gasteiger partial charge < -0.3 is 10.2 Å². The summed E-state index contributed by atoms with van der Waals surface area (Å²) in [6.45, 7) is 1.50. The zero-order valence-electron chi connectivity index (χ0n) is 11.5. The van der Waals surface area contributed by atoms with Crippen LogP contribution in [0, 0.1) is 11.9 Å². The van der Waals surface area contributed by atoms with Crippen molar-refractivity contribution in [1.29, 1.82) is 0 Å². The lowest BCUT2D eigenvalue weighted by atomic mass is 10.1. The van der Waals surface area contributed by atoms with E-state index in [9.17, 15) is 9.18 Å². The van der Waals surface area contributed by atoms with Crippen LogP contribution in [0.1, 0.15) is 32.1 Å². The van der Waals surface area contributed by atoms with Gasteiger partial charge in [0.15, 0.2) is 0 Å². The lowest BCUT2D eigenvalue weighted by Crippen LogP contribution is -2.35. The molecule has 108 valence electrons. The van der Waals surface area contributed by atoms with Gasteiger partial charge in [0, 0.05) is 25.0 Å². The lowest BCUT2D eigenvalue weighted by Gasteiger charge is -2.20. The maximum absolute atomic E-state index is 13.0. The zero-order chi connectivity index (χ0) is 13.9. The lowest BCUT2D eigenvalue weighted by molar-refractivity contribution is -0.134. The van der Waals surface area contributed by atoms with E-state index in [0.29, 0.717) is 18.3 Å². The molecular formula is C15H20FN3O. The minimum atomic E-state index is -0.480. The molecule has 1 amide bonds. The molecule has 20 heavy (non-hydrogen) atoms. The first-order chi connectivity index (χ1) is 9.72. The topological polar surface area (TPSA) is 45.2 Å². The Morgan fingerprint density at radius 1 is 1.30 bits per heavy atom. The molecule has 2 heterocycles. The number of carbonyl (C=O) groups is 1. The van der Waals surface area contributed by atoms with Crippen molar-refractivity contribution in [2.24, 2.45) is 5.92 Å². The number of hydrogen-bond acceptors (Lipinski definition) is 3. The van der Waals surface area contributed by atoms with Crippen LogP contribution in [-0.2, 0) is 4.79 Å². The van der Waals surface area contributed by atoms with E-state index >= 15 is 0 Å². The summed E-state index contributed by atoms with van der Waals surface area (Å²) >= 11 is 0. The van der Waals surface area contributed by atoms with Crippen LogP contribution in [-0.4, -0.2) is 34.9 Å². The monoisotopic (exact) mass is 277 g/mol. The molecule has 1 unspecified atom stereocenters. The highest BCUT2D eigenvalue weighted by Gasteiger charge is 2.32. The maximum Gasteiger partial charge on any atom is 0.225 e. The van der Waals surface area contributed by atoms with E-state index in [1.54, 1.807) is 12.1 Å². The van der Waals surface area contributed by atoms with Crippen molar-refractivity contribution in [2.75, 3.05) is 18.4 Å². The van der Waals surface area contributed by atoms with Crippen LogP contribution in [0.25, 0.3) is 0 Å². The first kappa shape index (κ1) is 13.3. The molecule has 1 atom stereocenters. The van der Waals surface area contributed by atoms with E-state index in [0.717, 1.165) is 25.8 Å². The number of rotatable bonds is 3. The predicted octanol–water partition coefficient (Wildman–Crippen LogP) is 2.42.